The Kier molecular flexibility index (Phi) is 37.3. The van der Waals surface area contributed by atoms with Crippen molar-refractivity contribution in [2.24, 2.45) is 0 Å². The van der Waals surface area contributed by atoms with E-state index in [0.717, 1.165) is 51.4 Å². The molecule has 0 aromatic rings. The molecule has 0 aliphatic carbocycles. The number of aliphatic hydroxyl groups is 3. The summed E-state index contributed by atoms with van der Waals surface area (Å²) >= 11 is 0. The topological polar surface area (TPSA) is 113 Å². The monoisotopic (exact) mass is 719 g/mol. The molecule has 7 heteroatoms. The second-order valence-corrected chi connectivity index (χ2v) is 14.1. The van der Waals surface area contributed by atoms with E-state index in [2.05, 4.69) is 13.8 Å². The fourth-order valence-electron chi connectivity index (χ4n) is 5.83. The summed E-state index contributed by atoms with van der Waals surface area (Å²) in [4.78, 5) is 24.3. The van der Waals surface area contributed by atoms with Crippen LogP contribution in [0, 0.1) is 0 Å². The minimum atomic E-state index is -0.878. The molecular weight excluding hydrogens is 640 g/mol. The Bertz CT molecular complexity index is 894. The molecule has 0 aromatic heterocycles. The van der Waals surface area contributed by atoms with Crippen molar-refractivity contribution < 1.29 is 34.4 Å². The largest absolute Gasteiger partial charge is 0.462 e. The number of rotatable bonds is 37. The summed E-state index contributed by atoms with van der Waals surface area (Å²) in [7, 11) is 0. The highest BCUT2D eigenvalue weighted by Crippen LogP contribution is 2.15. The first-order valence-electron chi connectivity index (χ1n) is 20.9. The number of aliphatic hydroxyl groups excluding tert-OH is 3. The molecule has 0 saturated carbocycles. The van der Waals surface area contributed by atoms with Crippen LogP contribution in [0.4, 0.5) is 0 Å². The van der Waals surface area contributed by atoms with Crippen LogP contribution in [0.2, 0.25) is 0 Å². The highest BCUT2D eigenvalue weighted by Gasteiger charge is 2.16. The number of unbranched alkanes of at least 4 members (excludes halogenated alkanes) is 19. The summed E-state index contributed by atoms with van der Waals surface area (Å²) in [5.41, 5.74) is 0. The molecule has 7 nitrogen and oxygen atoms in total. The second-order valence-electron chi connectivity index (χ2n) is 14.1. The average molecular weight is 719 g/mol. The lowest BCUT2D eigenvalue weighted by molar-refractivity contribution is -0.161. The third-order valence-electron chi connectivity index (χ3n) is 9.08. The van der Waals surface area contributed by atoms with Crippen molar-refractivity contribution in [3.63, 3.8) is 0 Å². The van der Waals surface area contributed by atoms with Crippen molar-refractivity contribution in [2.75, 3.05) is 13.2 Å². The van der Waals surface area contributed by atoms with Gasteiger partial charge >= 0.3 is 11.9 Å². The molecule has 0 aromatic carbocycles. The van der Waals surface area contributed by atoms with E-state index in [1.807, 2.05) is 36.5 Å². The summed E-state index contributed by atoms with van der Waals surface area (Å²) in [6.07, 6.45) is 42.4. The van der Waals surface area contributed by atoms with Crippen LogP contribution in [0.1, 0.15) is 187 Å². The fraction of sp³-hybridized carbons (Fsp3) is 0.773. The van der Waals surface area contributed by atoms with E-state index in [1.54, 1.807) is 12.2 Å². The summed E-state index contributed by atoms with van der Waals surface area (Å²) in [5, 5.41) is 29.6. The van der Waals surface area contributed by atoms with Crippen molar-refractivity contribution in [1.82, 2.24) is 0 Å². The zero-order valence-electron chi connectivity index (χ0n) is 32.8. The number of ether oxygens (including phenoxy) is 2. The van der Waals surface area contributed by atoms with Crippen LogP contribution in [0.25, 0.3) is 0 Å². The molecule has 0 amide bonds. The highest BCUT2D eigenvalue weighted by molar-refractivity contribution is 5.70. The molecule has 0 heterocycles. The zero-order chi connectivity index (χ0) is 37.5. The first kappa shape index (κ1) is 48.8. The van der Waals surface area contributed by atoms with Gasteiger partial charge in [0.25, 0.3) is 0 Å². The van der Waals surface area contributed by atoms with Crippen LogP contribution in [0.3, 0.4) is 0 Å². The Morgan fingerprint density at radius 3 is 1.41 bits per heavy atom. The third kappa shape index (κ3) is 37.3. The number of esters is 2. The Morgan fingerprint density at radius 2 is 0.941 bits per heavy atom. The highest BCUT2D eigenvalue weighted by atomic mass is 16.6. The van der Waals surface area contributed by atoms with E-state index in [1.165, 1.54) is 96.3 Å². The van der Waals surface area contributed by atoms with Gasteiger partial charge in [-0.25, -0.2) is 0 Å². The predicted octanol–water partition coefficient (Wildman–Crippen LogP) is 11.0. The van der Waals surface area contributed by atoms with Crippen molar-refractivity contribution in [1.29, 1.82) is 0 Å². The van der Waals surface area contributed by atoms with Gasteiger partial charge in [0, 0.05) is 12.8 Å². The van der Waals surface area contributed by atoms with E-state index >= 15 is 0 Å². The van der Waals surface area contributed by atoms with Gasteiger partial charge in [-0.05, 0) is 32.1 Å². The maximum atomic E-state index is 12.2. The van der Waals surface area contributed by atoms with Crippen molar-refractivity contribution >= 4 is 11.9 Å². The Labute approximate surface area is 313 Å². The van der Waals surface area contributed by atoms with Gasteiger partial charge in [-0.1, -0.05) is 191 Å². The standard InChI is InChI=1S/C44H78O7/c1-3-5-7-8-9-10-11-12-13-14-15-16-17-18-19-23-26-30-36-43(48)50-39-42(38-45)51-44(49)37-31-35-41(47)34-29-25-22-20-21-24-28-33-40(46)32-27-6-4-2/h21-22,24-25,28-29,33-34,40-42,45-47H,3-20,23,26-27,30-32,35-39H2,1-2H3/b24-21-,25-22-,33-28+,34-29+/t40-,41-,42+/m1/s1. The molecule has 296 valence electrons. The van der Waals surface area contributed by atoms with Gasteiger partial charge in [0.05, 0.1) is 18.8 Å². The van der Waals surface area contributed by atoms with Crippen molar-refractivity contribution in [3.05, 3.63) is 48.6 Å². The van der Waals surface area contributed by atoms with Gasteiger partial charge in [0.2, 0.25) is 0 Å². The number of hydrogen-bond acceptors (Lipinski definition) is 7. The lowest BCUT2D eigenvalue weighted by atomic mass is 10.0. The predicted molar refractivity (Wildman–Crippen MR) is 213 cm³/mol. The van der Waals surface area contributed by atoms with Gasteiger partial charge < -0.3 is 24.8 Å². The SMILES string of the molecule is CCCCCCCCCCCCCCCCCCCCC(=O)OC[C@H](CO)OC(=O)CCC[C@H](O)/C=C/C=C\C/C=C\C=C\[C@H](O)CCCCC. The molecule has 0 rings (SSSR count). The minimum Gasteiger partial charge on any atom is -0.462 e. The third-order valence-corrected chi connectivity index (χ3v) is 9.08. The van der Waals surface area contributed by atoms with Gasteiger partial charge in [-0.15, -0.1) is 0 Å². The van der Waals surface area contributed by atoms with Gasteiger partial charge in [-0.3, -0.25) is 9.59 Å². The molecule has 0 fully saturated rings. The van der Waals surface area contributed by atoms with Crippen LogP contribution in [-0.2, 0) is 19.1 Å². The quantitative estimate of drug-likeness (QED) is 0.0333. The first-order valence-corrected chi connectivity index (χ1v) is 20.9. The molecule has 51 heavy (non-hydrogen) atoms. The minimum absolute atomic E-state index is 0.107. The average Bonchev–Trinajstić information content (AvgIpc) is 3.12. The van der Waals surface area contributed by atoms with Crippen LogP contribution in [0.15, 0.2) is 48.6 Å². The molecule has 0 saturated heterocycles. The molecule has 0 unspecified atom stereocenters. The lowest BCUT2D eigenvalue weighted by Gasteiger charge is -2.16. The van der Waals surface area contributed by atoms with E-state index in [4.69, 9.17) is 9.47 Å². The normalized spacial score (nSPS) is 13.9. The summed E-state index contributed by atoms with van der Waals surface area (Å²) in [6, 6.07) is 0. The number of carbonyl (C=O) groups is 2. The number of carbonyl (C=O) groups excluding carboxylic acids is 2. The van der Waals surface area contributed by atoms with Crippen LogP contribution < -0.4 is 0 Å². The number of hydrogen-bond donors (Lipinski definition) is 3. The molecule has 0 aliphatic rings. The second kappa shape index (κ2) is 39.0. The molecular formula is C44H78O7. The van der Waals surface area contributed by atoms with Crippen LogP contribution in [0.5, 0.6) is 0 Å². The van der Waals surface area contributed by atoms with Gasteiger partial charge in [0.1, 0.15) is 6.61 Å². The maximum Gasteiger partial charge on any atom is 0.306 e. The molecule has 3 N–H and O–H groups in total. The van der Waals surface area contributed by atoms with Crippen molar-refractivity contribution in [3.8, 4) is 0 Å². The Morgan fingerprint density at radius 1 is 0.529 bits per heavy atom. The molecule has 0 aliphatic heterocycles. The van der Waals surface area contributed by atoms with E-state index in [9.17, 15) is 24.9 Å². The molecule has 0 radical (unpaired) electrons. The van der Waals surface area contributed by atoms with E-state index in [0.29, 0.717) is 19.3 Å². The summed E-state index contributed by atoms with van der Waals surface area (Å²) < 4.78 is 10.5. The molecule has 3 atom stereocenters. The smallest absolute Gasteiger partial charge is 0.306 e. The number of allylic oxidation sites excluding steroid dienone is 6. The Balaban J connectivity index is 3.76. The van der Waals surface area contributed by atoms with Crippen molar-refractivity contribution in [2.45, 2.75) is 206 Å². The Hall–Kier alpha value is -2.22. The van der Waals surface area contributed by atoms with Gasteiger partial charge in [0.15, 0.2) is 6.10 Å². The zero-order valence-corrected chi connectivity index (χ0v) is 32.8. The summed E-state index contributed by atoms with van der Waals surface area (Å²) in [6.45, 7) is 3.86. The van der Waals surface area contributed by atoms with Crippen LogP contribution in [-0.4, -0.2) is 58.8 Å². The first-order chi connectivity index (χ1) is 24.9. The van der Waals surface area contributed by atoms with Gasteiger partial charge in [-0.2, -0.15) is 0 Å². The lowest BCUT2D eigenvalue weighted by Crippen LogP contribution is -2.28. The van der Waals surface area contributed by atoms with Crippen LogP contribution >= 0.6 is 0 Å². The molecule has 0 bridgehead atoms. The maximum absolute atomic E-state index is 12.2. The van der Waals surface area contributed by atoms with E-state index in [-0.39, 0.29) is 25.1 Å². The van der Waals surface area contributed by atoms with E-state index < -0.39 is 24.8 Å². The molecule has 0 spiro atoms. The fourth-order valence-corrected chi connectivity index (χ4v) is 5.83. The summed E-state index contributed by atoms with van der Waals surface area (Å²) in [5.74, 6) is -0.815.